The maximum atomic E-state index is 13.1. The molecule has 0 amide bonds. The Hall–Kier alpha value is -2.07. The first-order chi connectivity index (χ1) is 10.1. The van der Waals surface area contributed by atoms with Crippen LogP contribution in [0.5, 0.6) is 11.5 Å². The smallest absolute Gasteiger partial charge is 0.160 e. The molecule has 3 nitrogen and oxygen atoms in total. The van der Waals surface area contributed by atoms with Crippen LogP contribution in [0.4, 0.5) is 4.39 Å². The van der Waals surface area contributed by atoms with E-state index in [0.29, 0.717) is 5.75 Å². The highest BCUT2D eigenvalue weighted by Crippen LogP contribution is 2.28. The van der Waals surface area contributed by atoms with Gasteiger partial charge in [0.15, 0.2) is 11.5 Å². The van der Waals surface area contributed by atoms with Crippen LogP contribution in [0.3, 0.4) is 0 Å². The van der Waals surface area contributed by atoms with Gasteiger partial charge in [-0.15, -0.1) is 0 Å². The van der Waals surface area contributed by atoms with Crippen LogP contribution in [0.25, 0.3) is 0 Å². The van der Waals surface area contributed by atoms with Gasteiger partial charge >= 0.3 is 0 Å². The predicted octanol–water partition coefficient (Wildman–Crippen LogP) is 3.43. The SMILES string of the molecule is COc1cc(C(C)NCCc2cccc(F)c2)ccc1O. The van der Waals surface area contributed by atoms with Gasteiger partial charge in [-0.2, -0.15) is 0 Å². The number of phenolic OH excluding ortho intramolecular Hbond substituents is 1. The highest BCUT2D eigenvalue weighted by atomic mass is 19.1. The van der Waals surface area contributed by atoms with Crippen molar-refractivity contribution in [3.63, 3.8) is 0 Å². The summed E-state index contributed by atoms with van der Waals surface area (Å²) in [5.74, 6) is 0.392. The van der Waals surface area contributed by atoms with Gasteiger partial charge in [-0.05, 0) is 55.3 Å². The second-order valence-corrected chi connectivity index (χ2v) is 4.99. The lowest BCUT2D eigenvalue weighted by Gasteiger charge is -2.15. The zero-order valence-corrected chi connectivity index (χ0v) is 12.3. The third-order valence-corrected chi connectivity index (χ3v) is 3.46. The Kier molecular flexibility index (Phi) is 5.17. The Balaban J connectivity index is 1.91. The topological polar surface area (TPSA) is 41.5 Å². The van der Waals surface area contributed by atoms with E-state index in [1.54, 1.807) is 18.2 Å². The Morgan fingerprint density at radius 3 is 2.76 bits per heavy atom. The molecule has 0 saturated heterocycles. The number of nitrogens with one attached hydrogen (secondary N) is 1. The van der Waals surface area contributed by atoms with Gasteiger partial charge in [-0.3, -0.25) is 0 Å². The van der Waals surface area contributed by atoms with Crippen molar-refractivity contribution in [2.75, 3.05) is 13.7 Å². The van der Waals surface area contributed by atoms with Crippen LogP contribution in [0, 0.1) is 5.82 Å². The van der Waals surface area contributed by atoms with Gasteiger partial charge in [-0.25, -0.2) is 4.39 Å². The van der Waals surface area contributed by atoms with E-state index in [-0.39, 0.29) is 17.6 Å². The quantitative estimate of drug-likeness (QED) is 0.856. The summed E-state index contributed by atoms with van der Waals surface area (Å²) < 4.78 is 18.2. The first kappa shape index (κ1) is 15.3. The van der Waals surface area contributed by atoms with Gasteiger partial charge in [-0.1, -0.05) is 18.2 Å². The third kappa shape index (κ3) is 4.20. The molecule has 4 heteroatoms. The Morgan fingerprint density at radius 1 is 1.24 bits per heavy atom. The predicted molar refractivity (Wildman–Crippen MR) is 81.2 cm³/mol. The van der Waals surface area contributed by atoms with Gasteiger partial charge < -0.3 is 15.2 Å². The zero-order valence-electron chi connectivity index (χ0n) is 12.3. The van der Waals surface area contributed by atoms with Gasteiger partial charge in [0.05, 0.1) is 7.11 Å². The van der Waals surface area contributed by atoms with Crippen molar-refractivity contribution >= 4 is 0 Å². The van der Waals surface area contributed by atoms with E-state index in [0.717, 1.165) is 24.1 Å². The molecule has 0 aliphatic carbocycles. The number of phenols is 1. The van der Waals surface area contributed by atoms with Gasteiger partial charge in [0.1, 0.15) is 5.82 Å². The van der Waals surface area contributed by atoms with E-state index in [9.17, 15) is 9.50 Å². The Morgan fingerprint density at radius 2 is 2.05 bits per heavy atom. The molecule has 0 fully saturated rings. The van der Waals surface area contributed by atoms with Gasteiger partial charge in [0.25, 0.3) is 0 Å². The minimum atomic E-state index is -0.205. The monoisotopic (exact) mass is 289 g/mol. The fourth-order valence-electron chi connectivity index (χ4n) is 2.21. The maximum absolute atomic E-state index is 13.1. The number of hydrogen-bond donors (Lipinski definition) is 2. The van der Waals surface area contributed by atoms with Crippen LogP contribution in [0.1, 0.15) is 24.1 Å². The highest BCUT2D eigenvalue weighted by Gasteiger charge is 2.08. The fourth-order valence-corrected chi connectivity index (χ4v) is 2.21. The molecule has 1 unspecified atom stereocenters. The average molecular weight is 289 g/mol. The number of rotatable bonds is 6. The number of methoxy groups -OCH3 is 1. The van der Waals surface area contributed by atoms with E-state index in [4.69, 9.17) is 4.74 Å². The minimum Gasteiger partial charge on any atom is -0.504 e. The van der Waals surface area contributed by atoms with Crippen molar-refractivity contribution in [2.45, 2.75) is 19.4 Å². The summed E-state index contributed by atoms with van der Waals surface area (Å²) in [5, 5.41) is 13.0. The maximum Gasteiger partial charge on any atom is 0.160 e. The Bertz CT molecular complexity index is 601. The van der Waals surface area contributed by atoms with Crippen molar-refractivity contribution in [3.8, 4) is 11.5 Å². The molecule has 2 aromatic rings. The summed E-state index contributed by atoms with van der Waals surface area (Å²) in [6, 6.07) is 12.1. The second kappa shape index (κ2) is 7.09. The van der Waals surface area contributed by atoms with Crippen LogP contribution < -0.4 is 10.1 Å². The second-order valence-electron chi connectivity index (χ2n) is 4.99. The summed E-state index contributed by atoms with van der Waals surface area (Å²) in [5.41, 5.74) is 2.00. The summed E-state index contributed by atoms with van der Waals surface area (Å²) in [4.78, 5) is 0. The lowest BCUT2D eigenvalue weighted by molar-refractivity contribution is 0.372. The van der Waals surface area contributed by atoms with Crippen LogP contribution in [0.15, 0.2) is 42.5 Å². The molecule has 21 heavy (non-hydrogen) atoms. The molecule has 2 N–H and O–H groups in total. The largest absolute Gasteiger partial charge is 0.504 e. The van der Waals surface area contributed by atoms with Crippen molar-refractivity contribution in [2.24, 2.45) is 0 Å². The van der Waals surface area contributed by atoms with Crippen LogP contribution in [-0.4, -0.2) is 18.8 Å². The molecule has 0 bridgehead atoms. The lowest BCUT2D eigenvalue weighted by atomic mass is 10.1. The molecule has 0 heterocycles. The van der Waals surface area contributed by atoms with Crippen molar-refractivity contribution in [1.82, 2.24) is 5.32 Å². The number of halogens is 1. The number of ether oxygens (including phenoxy) is 1. The van der Waals surface area contributed by atoms with Crippen molar-refractivity contribution in [3.05, 3.63) is 59.4 Å². The Labute approximate surface area is 124 Å². The summed E-state index contributed by atoms with van der Waals surface area (Å²) in [7, 11) is 1.53. The molecule has 0 aliphatic rings. The highest BCUT2D eigenvalue weighted by molar-refractivity contribution is 5.42. The van der Waals surface area contributed by atoms with E-state index < -0.39 is 0 Å². The van der Waals surface area contributed by atoms with E-state index in [1.807, 2.05) is 25.1 Å². The molecule has 2 aromatic carbocycles. The standard InChI is InChI=1S/C17H20FNO2/c1-12(14-6-7-16(20)17(11-14)21-2)19-9-8-13-4-3-5-15(18)10-13/h3-7,10-12,19-20H,8-9H2,1-2H3. The molecule has 0 aliphatic heterocycles. The molecule has 2 rings (SSSR count). The van der Waals surface area contributed by atoms with Crippen molar-refractivity contribution in [1.29, 1.82) is 0 Å². The summed E-state index contributed by atoms with van der Waals surface area (Å²) >= 11 is 0. The van der Waals surface area contributed by atoms with Crippen LogP contribution in [-0.2, 0) is 6.42 Å². The summed E-state index contributed by atoms with van der Waals surface area (Å²) in [6.07, 6.45) is 0.761. The molecule has 0 aromatic heterocycles. The van der Waals surface area contributed by atoms with Crippen molar-refractivity contribution < 1.29 is 14.2 Å². The molecule has 0 spiro atoms. The zero-order chi connectivity index (χ0) is 15.2. The first-order valence-corrected chi connectivity index (χ1v) is 6.95. The number of hydrogen-bond acceptors (Lipinski definition) is 3. The van der Waals surface area contributed by atoms with E-state index in [2.05, 4.69) is 5.32 Å². The van der Waals surface area contributed by atoms with Crippen LogP contribution in [0.2, 0.25) is 0 Å². The average Bonchev–Trinajstić information content (AvgIpc) is 2.47. The third-order valence-electron chi connectivity index (χ3n) is 3.46. The number of aromatic hydroxyl groups is 1. The molecule has 1 atom stereocenters. The number of benzene rings is 2. The fraction of sp³-hybridized carbons (Fsp3) is 0.294. The molecule has 0 radical (unpaired) electrons. The van der Waals surface area contributed by atoms with E-state index >= 15 is 0 Å². The molecular weight excluding hydrogens is 269 g/mol. The molecule has 112 valence electrons. The van der Waals surface area contributed by atoms with Gasteiger partial charge in [0.2, 0.25) is 0 Å². The lowest BCUT2D eigenvalue weighted by Crippen LogP contribution is -2.21. The van der Waals surface area contributed by atoms with Crippen LogP contribution >= 0.6 is 0 Å². The normalized spacial score (nSPS) is 12.1. The first-order valence-electron chi connectivity index (χ1n) is 6.95. The van der Waals surface area contributed by atoms with Gasteiger partial charge in [0, 0.05) is 6.04 Å². The minimum absolute atomic E-state index is 0.119. The molecule has 0 saturated carbocycles. The van der Waals surface area contributed by atoms with E-state index in [1.165, 1.54) is 13.2 Å². The summed E-state index contributed by atoms with van der Waals surface area (Å²) in [6.45, 7) is 2.78. The molecular formula is C17H20FNO2.